The van der Waals surface area contributed by atoms with Crippen LogP contribution in [0.3, 0.4) is 0 Å². The second-order valence-corrected chi connectivity index (χ2v) is 13.5. The summed E-state index contributed by atoms with van der Waals surface area (Å²) >= 11 is 0. The van der Waals surface area contributed by atoms with E-state index in [0.29, 0.717) is 51.5 Å². The molecule has 0 unspecified atom stereocenters. The van der Waals surface area contributed by atoms with Crippen LogP contribution in [0.4, 0.5) is 5.69 Å². The molecule has 1 amide bonds. The summed E-state index contributed by atoms with van der Waals surface area (Å²) in [6.45, 7) is 2.28. The summed E-state index contributed by atoms with van der Waals surface area (Å²) in [4.78, 5) is 29.0. The van der Waals surface area contributed by atoms with Crippen molar-refractivity contribution in [3.63, 3.8) is 0 Å². The largest absolute Gasteiger partial charge is 0.452 e. The van der Waals surface area contributed by atoms with E-state index in [1.54, 1.807) is 6.07 Å². The van der Waals surface area contributed by atoms with Gasteiger partial charge in [0.1, 0.15) is 0 Å². The highest BCUT2D eigenvalue weighted by molar-refractivity contribution is 7.91. The van der Waals surface area contributed by atoms with Gasteiger partial charge in [-0.15, -0.1) is 0 Å². The number of morpholine rings is 1. The molecular formula is C23H33N3O8S2. The van der Waals surface area contributed by atoms with E-state index in [0.717, 1.165) is 19.3 Å². The number of nitrogens with zero attached hydrogens (tertiary/aromatic N) is 3. The van der Waals surface area contributed by atoms with Gasteiger partial charge in [-0.2, -0.15) is 4.31 Å². The summed E-state index contributed by atoms with van der Waals surface area (Å²) in [5.74, 6) is -1.42. The number of esters is 1. The Kier molecular flexibility index (Phi) is 8.22. The maximum atomic E-state index is 13.2. The van der Waals surface area contributed by atoms with Crippen molar-refractivity contribution in [2.45, 2.75) is 36.6 Å². The molecule has 3 heterocycles. The molecule has 36 heavy (non-hydrogen) atoms. The Hall–Kier alpha value is -2.22. The number of sulfone groups is 1. The van der Waals surface area contributed by atoms with Crippen LogP contribution in [0.5, 0.6) is 0 Å². The summed E-state index contributed by atoms with van der Waals surface area (Å²) < 4.78 is 62.1. The minimum absolute atomic E-state index is 0.00738. The van der Waals surface area contributed by atoms with Crippen LogP contribution in [0.15, 0.2) is 23.1 Å². The van der Waals surface area contributed by atoms with Gasteiger partial charge in [0.25, 0.3) is 5.91 Å². The summed E-state index contributed by atoms with van der Waals surface area (Å²) in [6.07, 6.45) is 2.90. The molecule has 13 heteroatoms. The van der Waals surface area contributed by atoms with Gasteiger partial charge in [0.2, 0.25) is 10.0 Å². The average molecular weight is 544 g/mol. The Bertz CT molecular complexity index is 1190. The Labute approximate surface area is 212 Å². The third-order valence-electron chi connectivity index (χ3n) is 6.97. The quantitative estimate of drug-likeness (QED) is 0.451. The number of sulfonamides is 1. The molecule has 200 valence electrons. The number of amides is 1. The van der Waals surface area contributed by atoms with Crippen LogP contribution in [0.1, 0.15) is 36.0 Å². The van der Waals surface area contributed by atoms with Crippen molar-refractivity contribution in [1.29, 1.82) is 0 Å². The molecular weight excluding hydrogens is 510 g/mol. The number of hydrogen-bond donors (Lipinski definition) is 0. The van der Waals surface area contributed by atoms with Gasteiger partial charge in [-0.3, -0.25) is 4.79 Å². The lowest BCUT2D eigenvalue weighted by Gasteiger charge is -2.31. The number of likely N-dealkylation sites (N-methyl/N-ethyl adjacent to an activating group) is 1. The molecule has 1 aromatic carbocycles. The predicted molar refractivity (Wildman–Crippen MR) is 132 cm³/mol. The first-order valence-corrected chi connectivity index (χ1v) is 15.4. The summed E-state index contributed by atoms with van der Waals surface area (Å²) in [6, 6.07) is 3.98. The van der Waals surface area contributed by atoms with Gasteiger partial charge in [-0.05, 0) is 37.5 Å². The fourth-order valence-electron chi connectivity index (χ4n) is 4.76. The fraction of sp³-hybridized carbons (Fsp3) is 0.652. The van der Waals surface area contributed by atoms with E-state index in [1.807, 2.05) is 4.90 Å². The molecule has 3 aliphatic heterocycles. The van der Waals surface area contributed by atoms with Crippen LogP contribution in [0.2, 0.25) is 0 Å². The second-order valence-electron chi connectivity index (χ2n) is 9.38. The molecule has 3 aliphatic rings. The second kappa shape index (κ2) is 11.0. The number of anilines is 1. The Morgan fingerprint density at radius 1 is 1.11 bits per heavy atom. The van der Waals surface area contributed by atoms with Gasteiger partial charge in [0, 0.05) is 39.3 Å². The van der Waals surface area contributed by atoms with E-state index >= 15 is 0 Å². The minimum atomic E-state index is -3.78. The Morgan fingerprint density at radius 3 is 2.44 bits per heavy atom. The predicted octanol–water partition coefficient (Wildman–Crippen LogP) is 0.500. The highest BCUT2D eigenvalue weighted by atomic mass is 32.2. The maximum Gasteiger partial charge on any atom is 0.340 e. The number of rotatable bonds is 7. The Morgan fingerprint density at radius 2 is 1.81 bits per heavy atom. The minimum Gasteiger partial charge on any atom is -0.452 e. The maximum absolute atomic E-state index is 13.2. The third kappa shape index (κ3) is 6.01. The molecule has 1 atom stereocenters. The summed E-state index contributed by atoms with van der Waals surface area (Å²) in [5.41, 5.74) is 0.581. The number of carbonyl (C=O) groups excluding carboxylic acids is 2. The van der Waals surface area contributed by atoms with Crippen LogP contribution >= 0.6 is 0 Å². The number of carbonyl (C=O) groups is 2. The molecule has 11 nitrogen and oxygen atoms in total. The first-order chi connectivity index (χ1) is 17.1. The van der Waals surface area contributed by atoms with Gasteiger partial charge in [-0.1, -0.05) is 6.42 Å². The fourth-order valence-corrected chi connectivity index (χ4v) is 8.08. The van der Waals surface area contributed by atoms with Gasteiger partial charge < -0.3 is 19.3 Å². The van der Waals surface area contributed by atoms with E-state index < -0.39 is 44.4 Å². The molecule has 3 saturated heterocycles. The number of hydrogen-bond acceptors (Lipinski definition) is 9. The van der Waals surface area contributed by atoms with E-state index in [1.165, 1.54) is 28.4 Å². The molecule has 0 spiro atoms. The SMILES string of the molecule is CN(C(=O)COC(=O)c1cc(S(=O)(=O)N2CCCCC2)ccc1N1CCOCC1)[C@@H]1CCS(=O)(=O)C1. The highest BCUT2D eigenvalue weighted by Gasteiger charge is 2.33. The zero-order valence-electron chi connectivity index (χ0n) is 20.4. The number of ether oxygens (including phenoxy) is 2. The van der Waals surface area contributed by atoms with Crippen molar-refractivity contribution in [2.24, 2.45) is 0 Å². The summed E-state index contributed by atoms with van der Waals surface area (Å²) in [5, 5.41) is 0. The molecule has 0 radical (unpaired) electrons. The first-order valence-electron chi connectivity index (χ1n) is 12.2. The lowest BCUT2D eigenvalue weighted by molar-refractivity contribution is -0.134. The van der Waals surface area contributed by atoms with E-state index in [-0.39, 0.29) is 22.0 Å². The van der Waals surface area contributed by atoms with Gasteiger partial charge in [0.15, 0.2) is 16.4 Å². The van der Waals surface area contributed by atoms with Crippen molar-refractivity contribution >= 4 is 37.4 Å². The molecule has 1 aromatic rings. The standard InChI is InChI=1S/C23H33N3O8S2/c1-24(18-7-14-35(29,30)17-18)22(27)16-34-23(28)20-15-19(36(31,32)26-8-3-2-4-9-26)5-6-21(20)25-10-12-33-13-11-25/h5-6,15,18H,2-4,7-14,16-17H2,1H3/t18-/m1/s1. The molecule has 0 saturated carbocycles. The average Bonchev–Trinajstić information content (AvgIpc) is 3.26. The monoisotopic (exact) mass is 543 g/mol. The van der Waals surface area contributed by atoms with Crippen molar-refractivity contribution in [1.82, 2.24) is 9.21 Å². The first kappa shape index (κ1) is 26.8. The molecule has 0 aromatic heterocycles. The zero-order chi connectivity index (χ0) is 25.9. The van der Waals surface area contributed by atoms with Gasteiger partial charge in [0.05, 0.1) is 40.9 Å². The topological polar surface area (TPSA) is 131 Å². The normalized spacial score (nSPS) is 22.8. The Balaban J connectivity index is 1.53. The van der Waals surface area contributed by atoms with Crippen LogP contribution in [-0.4, -0.2) is 109 Å². The van der Waals surface area contributed by atoms with E-state index in [4.69, 9.17) is 9.47 Å². The molecule has 0 aliphatic carbocycles. The molecule has 0 bridgehead atoms. The van der Waals surface area contributed by atoms with Crippen molar-refractivity contribution in [3.8, 4) is 0 Å². The smallest absolute Gasteiger partial charge is 0.340 e. The molecule has 3 fully saturated rings. The number of piperidine rings is 1. The molecule has 0 N–H and O–H groups in total. The van der Waals surface area contributed by atoms with Crippen LogP contribution in [0, 0.1) is 0 Å². The van der Waals surface area contributed by atoms with Crippen molar-refractivity contribution in [2.75, 3.05) is 69.5 Å². The van der Waals surface area contributed by atoms with Gasteiger partial charge in [-0.25, -0.2) is 21.6 Å². The zero-order valence-corrected chi connectivity index (χ0v) is 22.1. The lowest BCUT2D eigenvalue weighted by atomic mass is 10.1. The van der Waals surface area contributed by atoms with E-state index in [2.05, 4.69) is 0 Å². The third-order valence-corrected chi connectivity index (χ3v) is 10.6. The van der Waals surface area contributed by atoms with Gasteiger partial charge >= 0.3 is 5.97 Å². The van der Waals surface area contributed by atoms with E-state index in [9.17, 15) is 26.4 Å². The van der Waals surface area contributed by atoms with Crippen LogP contribution < -0.4 is 4.90 Å². The van der Waals surface area contributed by atoms with Crippen molar-refractivity contribution < 1.29 is 35.9 Å². The lowest BCUT2D eigenvalue weighted by Crippen LogP contribution is -2.40. The van der Waals surface area contributed by atoms with Crippen LogP contribution in [0.25, 0.3) is 0 Å². The van der Waals surface area contributed by atoms with Crippen molar-refractivity contribution in [3.05, 3.63) is 23.8 Å². The highest BCUT2D eigenvalue weighted by Crippen LogP contribution is 2.29. The summed E-state index contributed by atoms with van der Waals surface area (Å²) in [7, 11) is -5.46. The van der Waals surface area contributed by atoms with Crippen LogP contribution in [-0.2, 0) is 34.1 Å². The molecule has 4 rings (SSSR count). The number of benzene rings is 1.